The first-order chi connectivity index (χ1) is 24.0. The highest BCUT2D eigenvalue weighted by molar-refractivity contribution is 5.76. The number of esters is 1. The van der Waals surface area contributed by atoms with E-state index in [1.165, 1.54) is 109 Å². The maximum absolute atomic E-state index is 12.3. The molecule has 0 aromatic carbocycles. The molecule has 0 aromatic rings. The van der Waals surface area contributed by atoms with Crippen LogP contribution in [-0.2, 0) is 14.3 Å². The number of unbranched alkanes of at least 4 members (excludes halogenated alkanes) is 23. The highest BCUT2D eigenvalue weighted by Gasteiger charge is 2.20. The van der Waals surface area contributed by atoms with Gasteiger partial charge >= 0.3 is 5.97 Å². The molecule has 2 atom stereocenters. The smallest absolute Gasteiger partial charge is 0.305 e. The number of hydrogen-bond donors (Lipinski definition) is 3. The van der Waals surface area contributed by atoms with Crippen molar-refractivity contribution in [1.29, 1.82) is 0 Å². The molecule has 49 heavy (non-hydrogen) atoms. The number of aliphatic hydroxyl groups excluding tert-OH is 2. The Morgan fingerprint density at radius 3 is 1.63 bits per heavy atom. The molecule has 0 fully saturated rings. The first-order valence-corrected chi connectivity index (χ1v) is 21.1. The molecule has 0 bridgehead atoms. The summed E-state index contributed by atoms with van der Waals surface area (Å²) in [6.45, 7) is 4.79. The number of allylic oxidation sites excluding steroid dienone is 4. The second-order valence-electron chi connectivity index (χ2n) is 14.3. The van der Waals surface area contributed by atoms with Crippen LogP contribution in [-0.4, -0.2) is 47.4 Å². The molecule has 1 amide bonds. The van der Waals surface area contributed by atoms with E-state index in [4.69, 9.17) is 4.74 Å². The van der Waals surface area contributed by atoms with Crippen LogP contribution in [0.4, 0.5) is 0 Å². The number of carbonyl (C=O) groups is 2. The molecule has 0 aliphatic rings. The van der Waals surface area contributed by atoms with Gasteiger partial charge in [0.05, 0.1) is 25.4 Å². The summed E-state index contributed by atoms with van der Waals surface area (Å²) in [6.07, 6.45) is 42.7. The SMILES string of the molecule is CCC/C=C\C/C=C\CCCCCCCC(=O)OCCCCCCCCCCCCC(=O)NC(CO)C(O)CCCCCCCCCCC. The highest BCUT2D eigenvalue weighted by atomic mass is 16.5. The van der Waals surface area contributed by atoms with Crippen LogP contribution in [0.5, 0.6) is 0 Å². The van der Waals surface area contributed by atoms with Crippen molar-refractivity contribution >= 4 is 11.9 Å². The number of carbonyl (C=O) groups excluding carboxylic acids is 2. The molecule has 6 nitrogen and oxygen atoms in total. The summed E-state index contributed by atoms with van der Waals surface area (Å²) in [5.74, 6) is -0.0985. The lowest BCUT2D eigenvalue weighted by Gasteiger charge is -2.22. The zero-order valence-electron chi connectivity index (χ0n) is 32.4. The lowest BCUT2D eigenvalue weighted by Crippen LogP contribution is -2.45. The second kappa shape index (κ2) is 39.1. The Morgan fingerprint density at radius 1 is 0.571 bits per heavy atom. The van der Waals surface area contributed by atoms with Gasteiger partial charge in [-0.1, -0.05) is 173 Å². The topological polar surface area (TPSA) is 95.9 Å². The highest BCUT2D eigenvalue weighted by Crippen LogP contribution is 2.14. The summed E-state index contributed by atoms with van der Waals surface area (Å²) >= 11 is 0. The van der Waals surface area contributed by atoms with Crippen molar-refractivity contribution < 1.29 is 24.5 Å². The van der Waals surface area contributed by atoms with E-state index in [2.05, 4.69) is 43.5 Å². The molecular weight excluding hydrogens is 610 g/mol. The van der Waals surface area contributed by atoms with Crippen LogP contribution in [0.2, 0.25) is 0 Å². The predicted molar refractivity (Wildman–Crippen MR) is 209 cm³/mol. The van der Waals surface area contributed by atoms with Gasteiger partial charge in [-0.25, -0.2) is 0 Å². The van der Waals surface area contributed by atoms with Crippen LogP contribution in [0.1, 0.15) is 213 Å². The van der Waals surface area contributed by atoms with Crippen molar-refractivity contribution in [2.45, 2.75) is 225 Å². The zero-order valence-corrected chi connectivity index (χ0v) is 32.4. The first-order valence-electron chi connectivity index (χ1n) is 21.1. The third-order valence-corrected chi connectivity index (χ3v) is 9.48. The molecule has 0 heterocycles. The maximum atomic E-state index is 12.3. The third kappa shape index (κ3) is 36.0. The fraction of sp³-hybridized carbons (Fsp3) is 0.860. The summed E-state index contributed by atoms with van der Waals surface area (Å²) in [6, 6.07) is -0.556. The molecule has 0 spiro atoms. The lowest BCUT2D eigenvalue weighted by molar-refractivity contribution is -0.143. The largest absolute Gasteiger partial charge is 0.466 e. The number of hydrogen-bond acceptors (Lipinski definition) is 5. The van der Waals surface area contributed by atoms with E-state index in [9.17, 15) is 19.8 Å². The minimum absolute atomic E-state index is 0.0355. The van der Waals surface area contributed by atoms with Crippen LogP contribution >= 0.6 is 0 Å². The van der Waals surface area contributed by atoms with Gasteiger partial charge in [0.2, 0.25) is 5.91 Å². The Hall–Kier alpha value is -1.66. The Kier molecular flexibility index (Phi) is 37.8. The Morgan fingerprint density at radius 2 is 1.06 bits per heavy atom. The van der Waals surface area contributed by atoms with Gasteiger partial charge in [0, 0.05) is 12.8 Å². The van der Waals surface area contributed by atoms with Crippen LogP contribution in [0.3, 0.4) is 0 Å². The molecular formula is C43H81NO5. The molecule has 288 valence electrons. The summed E-state index contributed by atoms with van der Waals surface area (Å²) in [5, 5.41) is 23.0. The van der Waals surface area contributed by atoms with Crippen molar-refractivity contribution in [3.05, 3.63) is 24.3 Å². The lowest BCUT2D eigenvalue weighted by atomic mass is 10.0. The molecule has 3 N–H and O–H groups in total. The van der Waals surface area contributed by atoms with E-state index in [0.29, 0.717) is 25.9 Å². The van der Waals surface area contributed by atoms with Gasteiger partial charge in [-0.2, -0.15) is 0 Å². The number of ether oxygens (including phenoxy) is 1. The standard InChI is InChI=1S/C43H81NO5/c1-3-5-7-9-11-13-14-15-16-21-25-29-33-37-43(48)49-38-34-30-26-22-18-17-20-24-28-32-36-42(47)44-40(39-45)41(46)35-31-27-23-19-12-10-8-6-4-2/h7,9,13-14,40-41,45-46H,3-6,8,10-12,15-39H2,1-2H3,(H,44,47)/b9-7-,14-13-. The van der Waals surface area contributed by atoms with Crippen molar-refractivity contribution in [3.63, 3.8) is 0 Å². The summed E-state index contributed by atoms with van der Waals surface area (Å²) < 4.78 is 5.42. The van der Waals surface area contributed by atoms with Crippen molar-refractivity contribution in [3.8, 4) is 0 Å². The fourth-order valence-corrected chi connectivity index (χ4v) is 6.20. The molecule has 0 aliphatic carbocycles. The predicted octanol–water partition coefficient (Wildman–Crippen LogP) is 11.6. The van der Waals surface area contributed by atoms with E-state index in [1.807, 2.05) is 0 Å². The number of rotatable bonds is 38. The van der Waals surface area contributed by atoms with Crippen LogP contribution in [0.25, 0.3) is 0 Å². The molecule has 0 aliphatic heterocycles. The van der Waals surface area contributed by atoms with Crippen molar-refractivity contribution in [2.24, 2.45) is 0 Å². The minimum atomic E-state index is -0.676. The van der Waals surface area contributed by atoms with Crippen molar-refractivity contribution in [1.82, 2.24) is 5.32 Å². The van der Waals surface area contributed by atoms with Crippen molar-refractivity contribution in [2.75, 3.05) is 13.2 Å². The van der Waals surface area contributed by atoms with Gasteiger partial charge < -0.3 is 20.3 Å². The van der Waals surface area contributed by atoms with Crippen LogP contribution in [0, 0.1) is 0 Å². The van der Waals surface area contributed by atoms with Gasteiger partial charge in [0.1, 0.15) is 0 Å². The van der Waals surface area contributed by atoms with Gasteiger partial charge in [-0.15, -0.1) is 0 Å². The van der Waals surface area contributed by atoms with Gasteiger partial charge in [-0.05, 0) is 51.4 Å². The molecule has 6 heteroatoms. The summed E-state index contributed by atoms with van der Waals surface area (Å²) in [4.78, 5) is 24.3. The maximum Gasteiger partial charge on any atom is 0.305 e. The molecule has 0 aromatic heterocycles. The van der Waals surface area contributed by atoms with E-state index < -0.39 is 12.1 Å². The monoisotopic (exact) mass is 692 g/mol. The summed E-state index contributed by atoms with van der Waals surface area (Å²) in [7, 11) is 0. The fourth-order valence-electron chi connectivity index (χ4n) is 6.20. The Balaban J connectivity index is 3.49. The number of amides is 1. The molecule has 0 radical (unpaired) electrons. The quantitative estimate of drug-likeness (QED) is 0.0340. The third-order valence-electron chi connectivity index (χ3n) is 9.48. The van der Waals surface area contributed by atoms with Crippen LogP contribution < -0.4 is 5.32 Å². The van der Waals surface area contributed by atoms with Gasteiger partial charge in [0.15, 0.2) is 0 Å². The molecule has 0 saturated heterocycles. The van der Waals surface area contributed by atoms with Gasteiger partial charge in [-0.3, -0.25) is 9.59 Å². The number of aliphatic hydroxyl groups is 2. The molecule has 0 saturated carbocycles. The Bertz CT molecular complexity index is 767. The van der Waals surface area contributed by atoms with E-state index >= 15 is 0 Å². The van der Waals surface area contributed by atoms with E-state index in [1.54, 1.807) is 0 Å². The Labute approximate surface area is 303 Å². The number of nitrogens with one attached hydrogen (secondary N) is 1. The average molecular weight is 692 g/mol. The van der Waals surface area contributed by atoms with E-state index in [0.717, 1.165) is 70.6 Å². The molecule has 2 unspecified atom stereocenters. The van der Waals surface area contributed by atoms with E-state index in [-0.39, 0.29) is 18.5 Å². The van der Waals surface area contributed by atoms with Gasteiger partial charge in [0.25, 0.3) is 0 Å². The normalized spacial score (nSPS) is 13.0. The second-order valence-corrected chi connectivity index (χ2v) is 14.3. The first kappa shape index (κ1) is 47.3. The molecule has 0 rings (SSSR count). The zero-order chi connectivity index (χ0) is 35.9. The summed E-state index contributed by atoms with van der Waals surface area (Å²) in [5.41, 5.74) is 0. The minimum Gasteiger partial charge on any atom is -0.466 e. The van der Waals surface area contributed by atoms with Crippen LogP contribution in [0.15, 0.2) is 24.3 Å². The average Bonchev–Trinajstić information content (AvgIpc) is 3.10.